The third-order valence-electron chi connectivity index (χ3n) is 2.86. The number of ether oxygens (including phenoxy) is 3. The van der Waals surface area contributed by atoms with E-state index >= 15 is 0 Å². The van der Waals surface area contributed by atoms with Crippen LogP contribution < -0.4 is 21.5 Å². The van der Waals surface area contributed by atoms with E-state index in [1.54, 1.807) is 4.90 Å². The van der Waals surface area contributed by atoms with E-state index in [9.17, 15) is 4.79 Å². The van der Waals surface area contributed by atoms with Gasteiger partial charge in [0.25, 0.3) is 5.56 Å². The summed E-state index contributed by atoms with van der Waals surface area (Å²) in [7, 11) is 0. The quantitative estimate of drug-likeness (QED) is 0.630. The van der Waals surface area contributed by atoms with E-state index in [0.29, 0.717) is 38.0 Å². The van der Waals surface area contributed by atoms with Gasteiger partial charge in [-0.05, 0) is 0 Å². The number of hydrogen-bond donors (Lipinski definition) is 3. The lowest BCUT2D eigenvalue weighted by Crippen LogP contribution is -2.29. The van der Waals surface area contributed by atoms with Gasteiger partial charge in [-0.2, -0.15) is 4.98 Å². The van der Waals surface area contributed by atoms with Gasteiger partial charge in [0.15, 0.2) is 12.1 Å². The van der Waals surface area contributed by atoms with Crippen LogP contribution >= 0.6 is 0 Å². The normalized spacial score (nSPS) is 18.6. The molecule has 9 nitrogen and oxygen atoms in total. The van der Waals surface area contributed by atoms with Crippen LogP contribution in [0.1, 0.15) is 0 Å². The fourth-order valence-corrected chi connectivity index (χ4v) is 1.99. The maximum absolute atomic E-state index is 11.6. The summed E-state index contributed by atoms with van der Waals surface area (Å²) in [5, 5.41) is 2.95. The molecule has 3 heterocycles. The van der Waals surface area contributed by atoms with Crippen LogP contribution in [0.3, 0.4) is 0 Å². The third-order valence-corrected chi connectivity index (χ3v) is 2.86. The highest BCUT2D eigenvalue weighted by molar-refractivity contribution is 5.70. The largest absolute Gasteiger partial charge is 0.369 e. The molecular weight excluding hydrogens is 254 g/mol. The Morgan fingerprint density at radius 3 is 3.05 bits per heavy atom. The van der Waals surface area contributed by atoms with Gasteiger partial charge < -0.3 is 30.2 Å². The Hall–Kier alpha value is -1.84. The number of anilines is 3. The van der Waals surface area contributed by atoms with Gasteiger partial charge in [0.05, 0.1) is 26.5 Å². The van der Waals surface area contributed by atoms with Crippen molar-refractivity contribution in [2.24, 2.45) is 0 Å². The summed E-state index contributed by atoms with van der Waals surface area (Å²) in [5.41, 5.74) is 5.64. The summed E-state index contributed by atoms with van der Waals surface area (Å²) in [4.78, 5) is 19.9. The van der Waals surface area contributed by atoms with Gasteiger partial charge in [0.1, 0.15) is 12.4 Å². The number of nitrogens with one attached hydrogen (secondary N) is 2. The topological polar surface area (TPSA) is 115 Å². The number of nitrogen functional groups attached to an aromatic ring is 1. The lowest BCUT2D eigenvalue weighted by Gasteiger charge is -2.18. The van der Waals surface area contributed by atoms with Gasteiger partial charge in [-0.3, -0.25) is 9.78 Å². The smallest absolute Gasteiger partial charge is 0.277 e. The SMILES string of the molecule is Nc1nc2c(c(=O)[nH]1)NCN2COCC1OCCO1. The van der Waals surface area contributed by atoms with Gasteiger partial charge in [-0.1, -0.05) is 0 Å². The summed E-state index contributed by atoms with van der Waals surface area (Å²) in [5.74, 6) is 0.578. The van der Waals surface area contributed by atoms with Gasteiger partial charge >= 0.3 is 0 Å². The second-order valence-corrected chi connectivity index (χ2v) is 4.20. The number of aromatic nitrogens is 2. The zero-order valence-corrected chi connectivity index (χ0v) is 10.2. The number of hydrogen-bond acceptors (Lipinski definition) is 8. The molecule has 19 heavy (non-hydrogen) atoms. The molecule has 0 bridgehead atoms. The molecule has 0 aromatic carbocycles. The van der Waals surface area contributed by atoms with Gasteiger partial charge in [-0.15, -0.1) is 0 Å². The van der Waals surface area contributed by atoms with Crippen molar-refractivity contribution in [1.29, 1.82) is 0 Å². The van der Waals surface area contributed by atoms with Crippen molar-refractivity contribution in [3.63, 3.8) is 0 Å². The van der Waals surface area contributed by atoms with Crippen LogP contribution in [0.5, 0.6) is 0 Å². The number of rotatable bonds is 4. The summed E-state index contributed by atoms with van der Waals surface area (Å²) in [6.45, 7) is 2.25. The molecule has 0 saturated carbocycles. The third kappa shape index (κ3) is 2.48. The number of aromatic amines is 1. The predicted molar refractivity (Wildman–Crippen MR) is 66.7 cm³/mol. The van der Waals surface area contributed by atoms with Gasteiger partial charge in [-0.25, -0.2) is 0 Å². The molecule has 3 rings (SSSR count). The van der Waals surface area contributed by atoms with E-state index < -0.39 is 0 Å². The molecule has 1 saturated heterocycles. The highest BCUT2D eigenvalue weighted by Gasteiger charge is 2.24. The van der Waals surface area contributed by atoms with E-state index in [0.717, 1.165) is 0 Å². The molecule has 0 unspecified atom stereocenters. The monoisotopic (exact) mass is 269 g/mol. The fourth-order valence-electron chi connectivity index (χ4n) is 1.99. The van der Waals surface area contributed by atoms with E-state index in [2.05, 4.69) is 15.3 Å². The molecule has 4 N–H and O–H groups in total. The van der Waals surface area contributed by atoms with Crippen molar-refractivity contribution in [1.82, 2.24) is 9.97 Å². The number of H-pyrrole nitrogens is 1. The highest BCUT2D eigenvalue weighted by Crippen LogP contribution is 2.25. The Bertz CT molecular complexity index is 513. The first-order valence-electron chi connectivity index (χ1n) is 5.93. The maximum Gasteiger partial charge on any atom is 0.277 e. The van der Waals surface area contributed by atoms with Crippen LogP contribution in [0.2, 0.25) is 0 Å². The van der Waals surface area contributed by atoms with Gasteiger partial charge in [0.2, 0.25) is 5.95 Å². The van der Waals surface area contributed by atoms with Gasteiger partial charge in [0, 0.05) is 0 Å². The van der Waals surface area contributed by atoms with Crippen LogP contribution in [-0.4, -0.2) is 49.5 Å². The molecule has 0 aliphatic carbocycles. The molecule has 1 aromatic heterocycles. The van der Waals surface area contributed by atoms with Crippen molar-refractivity contribution in [2.75, 3.05) is 49.2 Å². The summed E-state index contributed by atoms with van der Waals surface area (Å²) < 4.78 is 16.0. The molecule has 2 aliphatic heterocycles. The first kappa shape index (κ1) is 12.2. The Morgan fingerprint density at radius 1 is 1.47 bits per heavy atom. The van der Waals surface area contributed by atoms with Crippen molar-refractivity contribution in [3.8, 4) is 0 Å². The number of nitrogens with zero attached hydrogens (tertiary/aromatic N) is 2. The van der Waals surface area contributed by atoms with E-state index in [4.69, 9.17) is 19.9 Å². The molecule has 1 fully saturated rings. The molecule has 0 atom stereocenters. The molecular formula is C10H15N5O4. The lowest BCUT2D eigenvalue weighted by molar-refractivity contribution is -0.0936. The second kappa shape index (κ2) is 5.03. The minimum Gasteiger partial charge on any atom is -0.369 e. The average Bonchev–Trinajstić information content (AvgIpc) is 2.99. The van der Waals surface area contributed by atoms with Crippen molar-refractivity contribution < 1.29 is 14.2 Å². The maximum atomic E-state index is 11.6. The van der Waals surface area contributed by atoms with Crippen LogP contribution in [0.25, 0.3) is 0 Å². The average molecular weight is 269 g/mol. The lowest BCUT2D eigenvalue weighted by atomic mass is 10.5. The molecule has 1 aromatic rings. The summed E-state index contributed by atoms with van der Waals surface area (Å²) in [6.07, 6.45) is -0.313. The Kier molecular flexibility index (Phi) is 3.23. The van der Waals surface area contributed by atoms with Crippen molar-refractivity contribution >= 4 is 17.5 Å². The van der Waals surface area contributed by atoms with E-state index in [-0.39, 0.29) is 24.5 Å². The van der Waals surface area contributed by atoms with E-state index in [1.807, 2.05) is 0 Å². The molecule has 2 aliphatic rings. The Balaban J connectivity index is 1.61. The second-order valence-electron chi connectivity index (χ2n) is 4.20. The minimum atomic E-state index is -0.313. The molecule has 104 valence electrons. The number of fused-ring (bicyclic) bond motifs is 1. The Morgan fingerprint density at radius 2 is 2.26 bits per heavy atom. The van der Waals surface area contributed by atoms with Crippen LogP contribution in [0.4, 0.5) is 17.5 Å². The van der Waals surface area contributed by atoms with E-state index in [1.165, 1.54) is 0 Å². The molecule has 9 heteroatoms. The molecule has 0 spiro atoms. The number of nitrogens with two attached hydrogens (primary N) is 1. The van der Waals surface area contributed by atoms with Crippen molar-refractivity contribution in [3.05, 3.63) is 10.4 Å². The van der Waals surface area contributed by atoms with Crippen LogP contribution in [-0.2, 0) is 14.2 Å². The van der Waals surface area contributed by atoms with Crippen LogP contribution in [0, 0.1) is 0 Å². The first-order chi connectivity index (χ1) is 9.24. The molecule has 0 amide bonds. The minimum absolute atomic E-state index is 0.0832. The standard InChI is InChI=1S/C10H15N5O4/c11-10-13-8-7(9(16)14-10)12-4-15(8)5-17-3-6-18-1-2-19-6/h6,12H,1-5H2,(H3,11,13,14,16). The summed E-state index contributed by atoms with van der Waals surface area (Å²) in [6, 6.07) is 0. The van der Waals surface area contributed by atoms with Crippen LogP contribution in [0.15, 0.2) is 4.79 Å². The zero-order chi connectivity index (χ0) is 13.2. The Labute approximate surface area is 108 Å². The summed E-state index contributed by atoms with van der Waals surface area (Å²) >= 11 is 0. The van der Waals surface area contributed by atoms with Crippen molar-refractivity contribution in [2.45, 2.75) is 6.29 Å². The zero-order valence-electron chi connectivity index (χ0n) is 10.2. The molecule has 0 radical (unpaired) electrons. The highest BCUT2D eigenvalue weighted by atomic mass is 16.7. The first-order valence-corrected chi connectivity index (χ1v) is 5.93. The predicted octanol–water partition coefficient (Wildman–Crippen LogP) is -1.11. The fraction of sp³-hybridized carbons (Fsp3) is 0.600.